The number of hydrogen-bond acceptors (Lipinski definition) is 8. The van der Waals surface area contributed by atoms with Crippen molar-refractivity contribution in [2.45, 2.75) is 43.9 Å². The molecule has 242 valence electrons. The third-order valence-corrected chi connectivity index (χ3v) is 7.48. The van der Waals surface area contributed by atoms with Gasteiger partial charge in [-0.25, -0.2) is 4.79 Å². The fraction of sp³-hybridized carbons (Fsp3) is 0.281. The maximum atomic E-state index is 13.2. The van der Waals surface area contributed by atoms with E-state index in [2.05, 4.69) is 26.3 Å². The van der Waals surface area contributed by atoms with E-state index in [1.807, 2.05) is 24.3 Å². The van der Waals surface area contributed by atoms with Gasteiger partial charge in [0.25, 0.3) is 5.91 Å². The largest absolute Gasteiger partial charge is 0.506 e. The van der Waals surface area contributed by atoms with Crippen LogP contribution in [0.5, 0.6) is 5.75 Å². The molecule has 0 spiro atoms. The Morgan fingerprint density at radius 2 is 1.52 bits per heavy atom. The second-order valence-electron chi connectivity index (χ2n) is 11.3. The number of hydrogen-bond donors (Lipinski definition) is 9. The molecule has 4 aromatic rings. The van der Waals surface area contributed by atoms with Crippen molar-refractivity contribution in [1.82, 2.24) is 26.3 Å². The number of rotatable bonds is 13. The molecular formula is C32H36N6O8. The number of carboxylic acids is 1. The fourth-order valence-electron chi connectivity index (χ4n) is 4.76. The number of carbonyl (C=O) groups is 5. The number of H-pyrrole nitrogens is 1. The molecule has 0 aliphatic heterocycles. The number of aliphatic hydroxyl groups excluding tert-OH is 1. The van der Waals surface area contributed by atoms with Gasteiger partial charge in [0.15, 0.2) is 0 Å². The molecule has 10 N–H and O–H groups in total. The van der Waals surface area contributed by atoms with Crippen molar-refractivity contribution < 1.29 is 39.3 Å². The molecule has 0 aliphatic carbocycles. The van der Waals surface area contributed by atoms with E-state index in [1.54, 1.807) is 36.5 Å². The lowest BCUT2D eigenvalue weighted by atomic mass is 10.0. The molecule has 14 heteroatoms. The van der Waals surface area contributed by atoms with Crippen molar-refractivity contribution in [1.29, 1.82) is 0 Å². The second-order valence-corrected chi connectivity index (χ2v) is 11.3. The summed E-state index contributed by atoms with van der Waals surface area (Å²) in [6, 6.07) is 13.1. The quantitative estimate of drug-likeness (QED) is 0.0982. The minimum Gasteiger partial charge on any atom is -0.506 e. The molecule has 0 fully saturated rings. The van der Waals surface area contributed by atoms with Gasteiger partial charge in [-0.3, -0.25) is 19.2 Å². The first kappa shape index (κ1) is 33.4. The number of aromatic amines is 1. The number of aromatic nitrogens is 1. The molecule has 14 nitrogen and oxygen atoms in total. The van der Waals surface area contributed by atoms with E-state index in [1.165, 1.54) is 19.9 Å². The molecule has 4 amide bonds. The molecule has 1 heterocycles. The lowest BCUT2D eigenvalue weighted by Gasteiger charge is -2.27. The number of phenols is 1. The van der Waals surface area contributed by atoms with E-state index in [0.717, 1.165) is 16.5 Å². The molecule has 3 aromatic carbocycles. The van der Waals surface area contributed by atoms with Crippen molar-refractivity contribution in [2.24, 2.45) is 5.73 Å². The van der Waals surface area contributed by atoms with Crippen molar-refractivity contribution in [3.63, 3.8) is 0 Å². The van der Waals surface area contributed by atoms with E-state index in [-0.39, 0.29) is 17.7 Å². The van der Waals surface area contributed by atoms with Crippen LogP contribution in [-0.2, 0) is 25.6 Å². The molecule has 0 bridgehead atoms. The van der Waals surface area contributed by atoms with Gasteiger partial charge < -0.3 is 47.3 Å². The van der Waals surface area contributed by atoms with Gasteiger partial charge in [0.1, 0.15) is 23.4 Å². The second kappa shape index (κ2) is 14.1. The molecule has 3 atom stereocenters. The number of amides is 4. The zero-order chi connectivity index (χ0) is 33.6. The Morgan fingerprint density at radius 1 is 0.870 bits per heavy atom. The van der Waals surface area contributed by atoms with E-state index in [4.69, 9.17) is 5.73 Å². The monoisotopic (exact) mass is 632 g/mol. The van der Waals surface area contributed by atoms with Gasteiger partial charge in [0.05, 0.1) is 18.2 Å². The molecular weight excluding hydrogens is 596 g/mol. The highest BCUT2D eigenvalue weighted by molar-refractivity contribution is 6.04. The smallest absolute Gasteiger partial charge is 0.328 e. The van der Waals surface area contributed by atoms with Gasteiger partial charge >= 0.3 is 5.97 Å². The van der Waals surface area contributed by atoms with Crippen LogP contribution >= 0.6 is 0 Å². The van der Waals surface area contributed by atoms with Gasteiger partial charge in [-0.1, -0.05) is 48.5 Å². The summed E-state index contributed by atoms with van der Waals surface area (Å²) in [5.74, 6) is -5.13. The Hall–Kier alpha value is -5.47. The number of fused-ring (bicyclic) bond motifs is 2. The molecule has 1 unspecified atom stereocenters. The number of para-hydroxylation sites is 1. The maximum Gasteiger partial charge on any atom is 0.328 e. The Morgan fingerprint density at radius 3 is 2.22 bits per heavy atom. The van der Waals surface area contributed by atoms with Crippen LogP contribution in [0.1, 0.15) is 29.8 Å². The van der Waals surface area contributed by atoms with Crippen LogP contribution in [-0.4, -0.2) is 86.7 Å². The van der Waals surface area contributed by atoms with E-state index >= 15 is 0 Å². The lowest BCUT2D eigenvalue weighted by molar-refractivity contribution is -0.146. The molecule has 0 aliphatic rings. The zero-order valence-corrected chi connectivity index (χ0v) is 25.2. The van der Waals surface area contributed by atoms with Gasteiger partial charge in [-0.2, -0.15) is 0 Å². The normalized spacial score (nSPS) is 13.4. The molecule has 4 rings (SSSR count). The molecule has 0 saturated carbocycles. The van der Waals surface area contributed by atoms with Crippen molar-refractivity contribution in [3.05, 3.63) is 78.0 Å². The predicted octanol–water partition coefficient (Wildman–Crippen LogP) is 0.268. The van der Waals surface area contributed by atoms with Crippen LogP contribution in [0.25, 0.3) is 21.7 Å². The number of nitrogens with one attached hydrogen (secondary N) is 5. The Balaban J connectivity index is 1.46. The minimum absolute atomic E-state index is 0.0975. The first-order valence-corrected chi connectivity index (χ1v) is 14.4. The molecule has 0 radical (unpaired) electrons. The third kappa shape index (κ3) is 7.60. The Kier molecular flexibility index (Phi) is 10.2. The summed E-state index contributed by atoms with van der Waals surface area (Å²) in [6.45, 7) is 1.06. The van der Waals surface area contributed by atoms with Gasteiger partial charge in [-0.05, 0) is 43.4 Å². The number of aromatic hydroxyl groups is 1. The van der Waals surface area contributed by atoms with Crippen LogP contribution in [0.2, 0.25) is 0 Å². The Bertz CT molecular complexity index is 1780. The summed E-state index contributed by atoms with van der Waals surface area (Å²) in [4.78, 5) is 67.0. The number of carbonyl (C=O) groups excluding carboxylic acids is 4. The summed E-state index contributed by atoms with van der Waals surface area (Å²) in [5.41, 5.74) is 5.89. The van der Waals surface area contributed by atoms with Crippen LogP contribution in [0, 0.1) is 0 Å². The molecule has 0 saturated heterocycles. The third-order valence-electron chi connectivity index (χ3n) is 7.48. The van der Waals surface area contributed by atoms with E-state index < -0.39 is 66.4 Å². The van der Waals surface area contributed by atoms with Crippen LogP contribution in [0.15, 0.2) is 66.9 Å². The fourth-order valence-corrected chi connectivity index (χ4v) is 4.76. The highest BCUT2D eigenvalue weighted by Crippen LogP contribution is 2.28. The van der Waals surface area contributed by atoms with Crippen molar-refractivity contribution in [2.75, 3.05) is 13.2 Å². The number of phenolic OH excluding ortho intramolecular Hbond substituents is 1. The molecule has 1 aromatic heterocycles. The van der Waals surface area contributed by atoms with Gasteiger partial charge in [-0.15, -0.1) is 0 Å². The van der Waals surface area contributed by atoms with Crippen molar-refractivity contribution in [3.8, 4) is 5.75 Å². The minimum atomic E-state index is -1.75. The Labute approximate surface area is 263 Å². The average molecular weight is 633 g/mol. The summed E-state index contributed by atoms with van der Waals surface area (Å²) in [7, 11) is 0. The first-order valence-electron chi connectivity index (χ1n) is 14.4. The number of aliphatic hydroxyl groups is 1. The summed E-state index contributed by atoms with van der Waals surface area (Å²) >= 11 is 0. The topological polar surface area (TPSA) is 236 Å². The standard InChI is InChI=1S/C32H36N6O8/c1-32(2,31(45)46)38-30(44)24(15-35-27(41)21-12-11-17-7-3-4-9-20(17)26(21)40)36-29(43)25(16-39)37-28(42)22(33)13-18-14-34-23-10-6-5-8-19(18)23/h3-12,14,22,24-25,34,39-40H,13,15-16,33H2,1-2H3,(H,35,41)(H,36,43)(H,37,42)(H,38,44)(H,45,46)/t22-,24?,25-/m1/s1. The number of aliphatic carboxylic acids is 1. The predicted molar refractivity (Wildman–Crippen MR) is 169 cm³/mol. The first-order chi connectivity index (χ1) is 21.8. The number of carboxylic acid groups (broad SMARTS) is 1. The number of nitrogens with two attached hydrogens (primary N) is 1. The van der Waals surface area contributed by atoms with Crippen molar-refractivity contribution >= 4 is 51.3 Å². The highest BCUT2D eigenvalue weighted by atomic mass is 16.4. The van der Waals surface area contributed by atoms with Crippen LogP contribution < -0.4 is 27.0 Å². The highest BCUT2D eigenvalue weighted by Gasteiger charge is 2.34. The molecule has 46 heavy (non-hydrogen) atoms. The average Bonchev–Trinajstić information content (AvgIpc) is 3.43. The van der Waals surface area contributed by atoms with E-state index in [0.29, 0.717) is 10.8 Å². The number of benzene rings is 3. The van der Waals surface area contributed by atoms with Crippen LogP contribution in [0.4, 0.5) is 0 Å². The summed E-state index contributed by atoms with van der Waals surface area (Å²) in [5, 5.41) is 41.5. The SMILES string of the molecule is CC(C)(NC(=O)C(CNC(=O)c1ccc2ccccc2c1O)NC(=O)[C@@H](CO)NC(=O)[C@H](N)Cc1c[nH]c2ccccc12)C(=O)O. The van der Waals surface area contributed by atoms with Gasteiger partial charge in [0, 0.05) is 29.0 Å². The van der Waals surface area contributed by atoms with Crippen LogP contribution in [0.3, 0.4) is 0 Å². The summed E-state index contributed by atoms with van der Waals surface area (Å²) < 4.78 is 0. The maximum absolute atomic E-state index is 13.2. The lowest BCUT2D eigenvalue weighted by Crippen LogP contribution is -2.62. The zero-order valence-electron chi connectivity index (χ0n) is 25.2. The summed E-state index contributed by atoms with van der Waals surface area (Å²) in [6.07, 6.45) is 1.85. The van der Waals surface area contributed by atoms with E-state index in [9.17, 15) is 39.3 Å². The van der Waals surface area contributed by atoms with Gasteiger partial charge in [0.2, 0.25) is 17.7 Å².